The van der Waals surface area contributed by atoms with Crippen LogP contribution in [0.15, 0.2) is 66.9 Å². The summed E-state index contributed by atoms with van der Waals surface area (Å²) >= 11 is 0. The second-order valence-corrected chi connectivity index (χ2v) is 8.66. The zero-order valence-electron chi connectivity index (χ0n) is 20.6. The van der Waals surface area contributed by atoms with Gasteiger partial charge in [0, 0.05) is 5.56 Å². The fraction of sp³-hybridized carbons (Fsp3) is 0.379. The van der Waals surface area contributed by atoms with E-state index in [2.05, 4.69) is 25.8 Å². The molecule has 1 heterocycles. The van der Waals surface area contributed by atoms with Crippen molar-refractivity contribution < 1.29 is 19.0 Å². The summed E-state index contributed by atoms with van der Waals surface area (Å²) in [7, 11) is 0. The quantitative estimate of drug-likeness (QED) is 0.203. The lowest BCUT2D eigenvalue weighted by atomic mass is 10.1. The van der Waals surface area contributed by atoms with Gasteiger partial charge in [-0.15, -0.1) is 0 Å². The smallest absolute Gasteiger partial charge is 0.314 e. The monoisotopic (exact) mass is 461 g/mol. The van der Waals surface area contributed by atoms with E-state index in [4.69, 9.17) is 14.2 Å². The van der Waals surface area contributed by atoms with Crippen LogP contribution >= 0.6 is 0 Å². The van der Waals surface area contributed by atoms with Gasteiger partial charge >= 0.3 is 5.97 Å². The number of esters is 1. The first-order valence-corrected chi connectivity index (χ1v) is 12.2. The number of unbranched alkanes of at least 4 members (excludes halogenated alkanes) is 1. The maximum absolute atomic E-state index is 12.1. The molecule has 0 saturated carbocycles. The van der Waals surface area contributed by atoms with Gasteiger partial charge in [-0.3, -0.25) is 9.78 Å². The Balaban J connectivity index is 1.55. The number of pyridine rings is 1. The van der Waals surface area contributed by atoms with Crippen LogP contribution in [0.3, 0.4) is 0 Å². The summed E-state index contributed by atoms with van der Waals surface area (Å²) in [5.74, 6) is 2.40. The first-order chi connectivity index (χ1) is 16.5. The Hall–Kier alpha value is -3.34. The van der Waals surface area contributed by atoms with Gasteiger partial charge in [-0.05, 0) is 80.4 Å². The van der Waals surface area contributed by atoms with Gasteiger partial charge in [0.05, 0.1) is 23.9 Å². The van der Waals surface area contributed by atoms with Crippen molar-refractivity contribution in [1.82, 2.24) is 4.98 Å². The lowest BCUT2D eigenvalue weighted by molar-refractivity contribution is -0.138. The van der Waals surface area contributed by atoms with Crippen molar-refractivity contribution in [3.8, 4) is 34.3 Å². The van der Waals surface area contributed by atoms with E-state index in [-0.39, 0.29) is 18.0 Å². The summed E-state index contributed by atoms with van der Waals surface area (Å²) in [6.07, 6.45) is 7.12. The number of ether oxygens (including phenoxy) is 3. The van der Waals surface area contributed by atoms with Crippen molar-refractivity contribution in [2.75, 3.05) is 0 Å². The van der Waals surface area contributed by atoms with E-state index in [1.165, 1.54) is 6.42 Å². The van der Waals surface area contributed by atoms with E-state index >= 15 is 0 Å². The lowest BCUT2D eigenvalue weighted by Gasteiger charge is -2.14. The summed E-state index contributed by atoms with van der Waals surface area (Å²) < 4.78 is 17.3. The van der Waals surface area contributed by atoms with Gasteiger partial charge in [0.1, 0.15) is 23.0 Å². The van der Waals surface area contributed by atoms with Gasteiger partial charge in [0.25, 0.3) is 0 Å². The SMILES string of the molecule is CCCCC(C)Oc1ccc(-c2ccc(Oc3ccc(OC(=O)C(C)CCC)cc3)cc2)nc1. The molecule has 0 N–H and O–H groups in total. The zero-order valence-corrected chi connectivity index (χ0v) is 20.6. The molecule has 0 spiro atoms. The van der Waals surface area contributed by atoms with Gasteiger partial charge in [0.2, 0.25) is 0 Å². The Kier molecular flexibility index (Phi) is 9.51. The van der Waals surface area contributed by atoms with Gasteiger partial charge in [-0.25, -0.2) is 0 Å². The predicted molar refractivity (Wildman–Crippen MR) is 136 cm³/mol. The first-order valence-electron chi connectivity index (χ1n) is 12.2. The van der Waals surface area contributed by atoms with Gasteiger partial charge in [0.15, 0.2) is 0 Å². The molecule has 0 bridgehead atoms. The van der Waals surface area contributed by atoms with Crippen LogP contribution in [0.25, 0.3) is 11.3 Å². The molecule has 180 valence electrons. The second-order valence-electron chi connectivity index (χ2n) is 8.66. The normalized spacial score (nSPS) is 12.6. The fourth-order valence-corrected chi connectivity index (χ4v) is 3.58. The number of rotatable bonds is 12. The Morgan fingerprint density at radius 2 is 1.41 bits per heavy atom. The van der Waals surface area contributed by atoms with Gasteiger partial charge in [-0.2, -0.15) is 0 Å². The van der Waals surface area contributed by atoms with Crippen molar-refractivity contribution >= 4 is 5.97 Å². The van der Waals surface area contributed by atoms with E-state index in [1.807, 2.05) is 43.3 Å². The fourth-order valence-electron chi connectivity index (χ4n) is 3.58. The largest absolute Gasteiger partial charge is 0.489 e. The van der Waals surface area contributed by atoms with Crippen molar-refractivity contribution in [2.45, 2.75) is 65.9 Å². The summed E-state index contributed by atoms with van der Waals surface area (Å²) in [4.78, 5) is 16.6. The first kappa shape index (κ1) is 25.3. The molecule has 2 aromatic carbocycles. The van der Waals surface area contributed by atoms with E-state index in [0.29, 0.717) is 11.5 Å². The van der Waals surface area contributed by atoms with Crippen LogP contribution in [0.2, 0.25) is 0 Å². The molecule has 34 heavy (non-hydrogen) atoms. The number of benzene rings is 2. The third-order valence-corrected chi connectivity index (χ3v) is 5.59. The predicted octanol–water partition coefficient (Wildman–Crippen LogP) is 7.84. The van der Waals surface area contributed by atoms with Gasteiger partial charge < -0.3 is 14.2 Å². The maximum Gasteiger partial charge on any atom is 0.314 e. The van der Waals surface area contributed by atoms with Gasteiger partial charge in [-0.1, -0.05) is 40.0 Å². The molecule has 5 nitrogen and oxygen atoms in total. The minimum Gasteiger partial charge on any atom is -0.489 e. The Morgan fingerprint density at radius 3 is 2.00 bits per heavy atom. The highest BCUT2D eigenvalue weighted by Gasteiger charge is 2.14. The van der Waals surface area contributed by atoms with Crippen LogP contribution in [0, 0.1) is 5.92 Å². The molecule has 2 unspecified atom stereocenters. The molecule has 0 saturated heterocycles. The zero-order chi connectivity index (χ0) is 24.3. The van der Waals surface area contributed by atoms with Crippen LogP contribution in [0.5, 0.6) is 23.0 Å². The summed E-state index contributed by atoms with van der Waals surface area (Å²) in [6.45, 7) is 8.22. The standard InChI is InChI=1S/C29H35NO4/c1-5-7-9-22(4)32-27-18-19-28(30-20-27)23-10-12-24(13-11-23)33-25-14-16-26(17-15-25)34-29(31)21(3)8-6-2/h10-22H,5-9H2,1-4H3. The summed E-state index contributed by atoms with van der Waals surface area (Å²) in [5.41, 5.74) is 1.88. The van der Waals surface area contributed by atoms with E-state index in [1.54, 1.807) is 30.5 Å². The van der Waals surface area contributed by atoms with Crippen LogP contribution in [0.1, 0.15) is 59.8 Å². The third-order valence-electron chi connectivity index (χ3n) is 5.59. The molecule has 2 atom stereocenters. The Bertz CT molecular complexity index is 1010. The third kappa shape index (κ3) is 7.62. The number of carbonyl (C=O) groups is 1. The molecule has 0 aliphatic rings. The van der Waals surface area contributed by atoms with Crippen molar-refractivity contribution in [3.05, 3.63) is 66.9 Å². The highest BCUT2D eigenvalue weighted by molar-refractivity contribution is 5.74. The summed E-state index contributed by atoms with van der Waals surface area (Å²) in [5, 5.41) is 0. The topological polar surface area (TPSA) is 57.7 Å². The molecule has 0 aliphatic heterocycles. The lowest BCUT2D eigenvalue weighted by Crippen LogP contribution is -2.17. The summed E-state index contributed by atoms with van der Waals surface area (Å²) in [6, 6.07) is 18.8. The van der Waals surface area contributed by atoms with Crippen molar-refractivity contribution in [3.63, 3.8) is 0 Å². The molecular formula is C29H35NO4. The number of nitrogens with zero attached hydrogens (tertiary/aromatic N) is 1. The molecule has 0 radical (unpaired) electrons. The average Bonchev–Trinajstić information content (AvgIpc) is 2.85. The highest BCUT2D eigenvalue weighted by Crippen LogP contribution is 2.27. The molecular weight excluding hydrogens is 426 g/mol. The molecule has 0 aliphatic carbocycles. The van der Waals surface area contributed by atoms with E-state index < -0.39 is 0 Å². The minimum absolute atomic E-state index is 0.105. The highest BCUT2D eigenvalue weighted by atomic mass is 16.5. The van der Waals surface area contributed by atoms with Crippen LogP contribution in [0.4, 0.5) is 0 Å². The van der Waals surface area contributed by atoms with Crippen LogP contribution in [-0.2, 0) is 4.79 Å². The molecule has 5 heteroatoms. The average molecular weight is 462 g/mol. The van der Waals surface area contributed by atoms with Crippen molar-refractivity contribution in [2.24, 2.45) is 5.92 Å². The second kappa shape index (κ2) is 12.8. The number of hydrogen-bond donors (Lipinski definition) is 0. The number of carbonyl (C=O) groups excluding carboxylic acids is 1. The van der Waals surface area contributed by atoms with Crippen molar-refractivity contribution in [1.29, 1.82) is 0 Å². The number of hydrogen-bond acceptors (Lipinski definition) is 5. The van der Waals surface area contributed by atoms with Crippen LogP contribution < -0.4 is 14.2 Å². The molecule has 0 amide bonds. The van der Waals surface area contributed by atoms with E-state index in [0.717, 1.165) is 48.4 Å². The number of aromatic nitrogens is 1. The minimum atomic E-state index is -0.203. The molecule has 3 aromatic rings. The molecule has 3 rings (SSSR count). The molecule has 1 aromatic heterocycles. The Morgan fingerprint density at radius 1 is 0.794 bits per heavy atom. The van der Waals surface area contributed by atoms with E-state index in [9.17, 15) is 4.79 Å². The molecule has 0 fully saturated rings. The Labute approximate surface area is 203 Å². The maximum atomic E-state index is 12.1. The van der Waals surface area contributed by atoms with Crippen LogP contribution in [-0.4, -0.2) is 17.1 Å².